The van der Waals surface area contributed by atoms with Crippen LogP contribution in [0.3, 0.4) is 0 Å². The predicted molar refractivity (Wildman–Crippen MR) is 132 cm³/mol. The quantitative estimate of drug-likeness (QED) is 0.423. The maximum absolute atomic E-state index is 6.58. The Morgan fingerprint density at radius 3 is 2.61 bits per heavy atom. The molecule has 0 unspecified atom stereocenters. The second-order valence-corrected chi connectivity index (χ2v) is 8.51. The summed E-state index contributed by atoms with van der Waals surface area (Å²) in [4.78, 5) is 11.9. The Bertz CT molecular complexity index is 1270. The van der Waals surface area contributed by atoms with Crippen LogP contribution in [0.1, 0.15) is 12.8 Å². The fourth-order valence-electron chi connectivity index (χ4n) is 4.19. The van der Waals surface area contributed by atoms with Crippen LogP contribution in [0.2, 0.25) is 5.02 Å². The summed E-state index contributed by atoms with van der Waals surface area (Å²) in [5.74, 6) is 1.75. The van der Waals surface area contributed by atoms with Crippen molar-refractivity contribution in [2.24, 2.45) is 0 Å². The number of hydrogen-bond acceptors (Lipinski definition) is 7. The van der Waals surface area contributed by atoms with Crippen LogP contribution in [0.25, 0.3) is 28.0 Å². The number of rotatable bonds is 7. The van der Waals surface area contributed by atoms with Gasteiger partial charge >= 0.3 is 0 Å². The van der Waals surface area contributed by atoms with Gasteiger partial charge in [-0.05, 0) is 62.3 Å². The Kier molecular flexibility index (Phi) is 6.02. The lowest BCUT2D eigenvalue weighted by Gasteiger charge is -2.15. The third-order valence-corrected chi connectivity index (χ3v) is 6.13. The van der Waals surface area contributed by atoms with Crippen molar-refractivity contribution in [2.75, 3.05) is 44.3 Å². The Hall–Kier alpha value is -3.36. The van der Waals surface area contributed by atoms with Crippen LogP contribution in [-0.4, -0.2) is 57.9 Å². The second-order valence-electron chi connectivity index (χ2n) is 8.08. The molecular formula is C24H26ClN7O. The Balaban J connectivity index is 1.56. The zero-order chi connectivity index (χ0) is 22.8. The van der Waals surface area contributed by atoms with E-state index >= 15 is 0 Å². The van der Waals surface area contributed by atoms with Crippen molar-refractivity contribution in [1.29, 1.82) is 0 Å². The number of nitrogens with two attached hydrogens (primary N) is 1. The highest BCUT2D eigenvalue weighted by atomic mass is 35.5. The minimum atomic E-state index is 0.466. The molecule has 170 valence electrons. The van der Waals surface area contributed by atoms with Crippen molar-refractivity contribution in [1.82, 2.24) is 24.6 Å². The van der Waals surface area contributed by atoms with Crippen LogP contribution in [0, 0.1) is 0 Å². The SMILES string of the molecule is COc1ccc(-n2nc3nc(NCCN4CCCC4)nc(-c4cccc(Cl)c4)c3c2N)cc1. The highest BCUT2D eigenvalue weighted by molar-refractivity contribution is 6.30. The van der Waals surface area contributed by atoms with Crippen molar-refractivity contribution >= 4 is 34.4 Å². The molecule has 0 saturated carbocycles. The molecule has 8 nitrogen and oxygen atoms in total. The minimum absolute atomic E-state index is 0.466. The number of hydrogen-bond donors (Lipinski definition) is 2. The molecule has 0 atom stereocenters. The van der Waals surface area contributed by atoms with E-state index in [4.69, 9.17) is 32.2 Å². The summed E-state index contributed by atoms with van der Waals surface area (Å²) in [5, 5.41) is 9.40. The molecule has 0 spiro atoms. The summed E-state index contributed by atoms with van der Waals surface area (Å²) < 4.78 is 6.95. The van der Waals surface area contributed by atoms with Crippen LogP contribution in [0.5, 0.6) is 5.75 Å². The standard InChI is InChI=1S/C24H26ClN7O/c1-33-19-9-7-18(8-10-19)32-22(26)20-21(16-5-4-6-17(25)15-16)28-24(29-23(20)30-32)27-11-14-31-12-2-3-13-31/h4-10,15H,2-3,11-14,26H2,1H3,(H,27,29,30). The topological polar surface area (TPSA) is 94.1 Å². The molecule has 33 heavy (non-hydrogen) atoms. The van der Waals surface area contributed by atoms with Crippen molar-refractivity contribution in [3.8, 4) is 22.7 Å². The van der Waals surface area contributed by atoms with Gasteiger partial charge in [0.2, 0.25) is 5.95 Å². The molecular weight excluding hydrogens is 438 g/mol. The first-order valence-corrected chi connectivity index (χ1v) is 11.4. The average Bonchev–Trinajstić information content (AvgIpc) is 3.47. The smallest absolute Gasteiger partial charge is 0.225 e. The first kappa shape index (κ1) is 21.5. The van der Waals surface area contributed by atoms with Gasteiger partial charge < -0.3 is 20.7 Å². The van der Waals surface area contributed by atoms with Crippen molar-refractivity contribution in [2.45, 2.75) is 12.8 Å². The molecule has 9 heteroatoms. The lowest BCUT2D eigenvalue weighted by Crippen LogP contribution is -2.26. The molecule has 3 heterocycles. The van der Waals surface area contributed by atoms with Crippen LogP contribution < -0.4 is 15.8 Å². The van der Waals surface area contributed by atoms with Gasteiger partial charge in [-0.15, -0.1) is 5.10 Å². The summed E-state index contributed by atoms with van der Waals surface area (Å²) in [6.45, 7) is 4.02. The number of methoxy groups -OCH3 is 1. The minimum Gasteiger partial charge on any atom is -0.497 e. The number of halogens is 1. The van der Waals surface area contributed by atoms with Gasteiger partial charge in [0.1, 0.15) is 11.6 Å². The molecule has 0 radical (unpaired) electrons. The molecule has 3 N–H and O–H groups in total. The molecule has 5 rings (SSSR count). The van der Waals surface area contributed by atoms with Crippen molar-refractivity contribution in [3.05, 3.63) is 53.6 Å². The van der Waals surface area contributed by atoms with Gasteiger partial charge in [0.25, 0.3) is 0 Å². The van der Waals surface area contributed by atoms with E-state index in [2.05, 4.69) is 15.2 Å². The first-order valence-electron chi connectivity index (χ1n) is 11.1. The normalized spacial score (nSPS) is 14.1. The van der Waals surface area contributed by atoms with Gasteiger partial charge in [-0.1, -0.05) is 23.7 Å². The lowest BCUT2D eigenvalue weighted by molar-refractivity contribution is 0.352. The van der Waals surface area contributed by atoms with Crippen molar-refractivity contribution in [3.63, 3.8) is 0 Å². The number of fused-ring (bicyclic) bond motifs is 1. The summed E-state index contributed by atoms with van der Waals surface area (Å²) in [7, 11) is 1.64. The summed E-state index contributed by atoms with van der Waals surface area (Å²) in [6, 6.07) is 15.1. The Morgan fingerprint density at radius 1 is 1.09 bits per heavy atom. The van der Waals surface area contributed by atoms with Gasteiger partial charge in [0.05, 0.1) is 23.9 Å². The van der Waals surface area contributed by atoms with Gasteiger partial charge in [-0.25, -0.2) is 9.67 Å². The third-order valence-electron chi connectivity index (χ3n) is 5.89. The van der Waals surface area contributed by atoms with Gasteiger partial charge in [0.15, 0.2) is 5.65 Å². The summed E-state index contributed by atoms with van der Waals surface area (Å²) in [5.41, 5.74) is 9.47. The first-order chi connectivity index (χ1) is 16.1. The van der Waals surface area contributed by atoms with Crippen LogP contribution in [0.4, 0.5) is 11.8 Å². The van der Waals surface area contributed by atoms with Gasteiger partial charge in [0, 0.05) is 23.7 Å². The number of likely N-dealkylation sites (tertiary alicyclic amines) is 1. The van der Waals surface area contributed by atoms with E-state index < -0.39 is 0 Å². The van der Waals surface area contributed by atoms with Crippen molar-refractivity contribution < 1.29 is 4.74 Å². The zero-order valence-corrected chi connectivity index (χ0v) is 19.2. The monoisotopic (exact) mass is 463 g/mol. The molecule has 1 aliphatic rings. The molecule has 1 aliphatic heterocycles. The molecule has 0 aliphatic carbocycles. The fraction of sp³-hybridized carbons (Fsp3) is 0.292. The molecule has 1 saturated heterocycles. The van der Waals surface area contributed by atoms with E-state index in [1.165, 1.54) is 12.8 Å². The largest absolute Gasteiger partial charge is 0.497 e. The highest BCUT2D eigenvalue weighted by Crippen LogP contribution is 2.34. The van der Waals surface area contributed by atoms with E-state index in [1.54, 1.807) is 11.8 Å². The van der Waals surface area contributed by atoms with Crippen LogP contribution >= 0.6 is 11.6 Å². The second kappa shape index (κ2) is 9.25. The predicted octanol–water partition coefficient (Wildman–Crippen LogP) is 4.23. The molecule has 4 aromatic rings. The maximum atomic E-state index is 6.58. The zero-order valence-electron chi connectivity index (χ0n) is 18.5. The number of benzene rings is 2. The fourth-order valence-corrected chi connectivity index (χ4v) is 4.38. The van der Waals surface area contributed by atoms with Gasteiger partial charge in [-0.2, -0.15) is 4.98 Å². The molecule has 2 aromatic carbocycles. The van der Waals surface area contributed by atoms with Crippen LogP contribution in [0.15, 0.2) is 48.5 Å². The van der Waals surface area contributed by atoms with E-state index in [9.17, 15) is 0 Å². The van der Waals surface area contributed by atoms with E-state index in [0.29, 0.717) is 33.5 Å². The van der Waals surface area contributed by atoms with Gasteiger partial charge in [-0.3, -0.25) is 0 Å². The average molecular weight is 464 g/mol. The number of anilines is 2. The van der Waals surface area contributed by atoms with E-state index in [-0.39, 0.29) is 0 Å². The number of nitrogens with one attached hydrogen (secondary N) is 1. The maximum Gasteiger partial charge on any atom is 0.225 e. The Labute approximate surface area is 197 Å². The molecule has 0 amide bonds. The number of nitrogen functional groups attached to an aromatic ring is 1. The molecule has 0 bridgehead atoms. The molecule has 1 fully saturated rings. The summed E-state index contributed by atoms with van der Waals surface area (Å²) >= 11 is 6.28. The number of ether oxygens (including phenoxy) is 1. The van der Waals surface area contributed by atoms with E-state index in [0.717, 1.165) is 43.2 Å². The van der Waals surface area contributed by atoms with E-state index in [1.807, 2.05) is 48.5 Å². The Morgan fingerprint density at radius 2 is 1.88 bits per heavy atom. The lowest BCUT2D eigenvalue weighted by atomic mass is 10.1. The highest BCUT2D eigenvalue weighted by Gasteiger charge is 2.20. The third kappa shape index (κ3) is 4.44. The number of nitrogens with zero attached hydrogens (tertiary/aromatic N) is 5. The van der Waals surface area contributed by atoms with Crippen LogP contribution in [-0.2, 0) is 0 Å². The summed E-state index contributed by atoms with van der Waals surface area (Å²) in [6.07, 6.45) is 2.53. The number of aromatic nitrogens is 4. The molecule has 2 aromatic heterocycles.